The molecule has 0 saturated heterocycles. The van der Waals surface area contributed by atoms with Gasteiger partial charge in [0, 0.05) is 0 Å². The number of hydrazone groups is 1. The van der Waals surface area contributed by atoms with Crippen molar-refractivity contribution < 1.29 is 23.7 Å². The van der Waals surface area contributed by atoms with Gasteiger partial charge >= 0.3 is 0 Å². The van der Waals surface area contributed by atoms with E-state index in [1.54, 1.807) is 7.11 Å². The number of carbonyl (C=O) groups is 1. The SMILES string of the molecule is COc1cc(/C=C2/C(=O)N(c3ccccc3)N=C2C)ccc1OCCOCCOc1ccc(C)cc1. The lowest BCUT2D eigenvalue weighted by Gasteiger charge is -2.12. The molecule has 0 N–H and O–H groups in total. The van der Waals surface area contributed by atoms with Crippen molar-refractivity contribution in [3.8, 4) is 17.2 Å². The van der Waals surface area contributed by atoms with E-state index in [9.17, 15) is 4.79 Å². The van der Waals surface area contributed by atoms with Crippen LogP contribution >= 0.6 is 0 Å². The average Bonchev–Trinajstić information content (AvgIpc) is 3.18. The minimum Gasteiger partial charge on any atom is -0.493 e. The standard InChI is InChI=1S/C29H30N2O5/c1-21-9-12-25(13-10-21)35-17-15-34-16-18-36-27-14-11-23(20-28(27)33-3)19-26-22(2)30-31(29(26)32)24-7-5-4-6-8-24/h4-14,19-20H,15-18H2,1-3H3/b26-19+. The fourth-order valence-corrected chi connectivity index (χ4v) is 3.65. The summed E-state index contributed by atoms with van der Waals surface area (Å²) in [7, 11) is 1.59. The Labute approximate surface area is 211 Å². The molecule has 0 saturated carbocycles. The first-order valence-electron chi connectivity index (χ1n) is 11.8. The van der Waals surface area contributed by atoms with E-state index in [2.05, 4.69) is 5.10 Å². The van der Waals surface area contributed by atoms with Crippen molar-refractivity contribution in [2.45, 2.75) is 13.8 Å². The first kappa shape index (κ1) is 25.0. The molecule has 0 fully saturated rings. The second kappa shape index (κ2) is 12.0. The third-order valence-corrected chi connectivity index (χ3v) is 5.56. The van der Waals surface area contributed by atoms with Gasteiger partial charge in [0.25, 0.3) is 5.91 Å². The molecule has 0 radical (unpaired) electrons. The number of amides is 1. The summed E-state index contributed by atoms with van der Waals surface area (Å²) >= 11 is 0. The van der Waals surface area contributed by atoms with E-state index in [0.717, 1.165) is 17.0 Å². The first-order chi connectivity index (χ1) is 17.5. The highest BCUT2D eigenvalue weighted by atomic mass is 16.6. The van der Waals surface area contributed by atoms with Crippen LogP contribution in [0.25, 0.3) is 6.08 Å². The number of rotatable bonds is 11. The second-order valence-corrected chi connectivity index (χ2v) is 8.23. The van der Waals surface area contributed by atoms with Crippen LogP contribution in [0.4, 0.5) is 5.69 Å². The number of ether oxygens (including phenoxy) is 4. The number of nitrogens with zero attached hydrogens (tertiary/aromatic N) is 2. The molecule has 0 bridgehead atoms. The van der Waals surface area contributed by atoms with Crippen LogP contribution in [-0.2, 0) is 9.53 Å². The van der Waals surface area contributed by atoms with Crippen molar-refractivity contribution >= 4 is 23.4 Å². The van der Waals surface area contributed by atoms with Gasteiger partial charge in [0.15, 0.2) is 11.5 Å². The Bertz CT molecular complexity index is 1240. The molecule has 4 rings (SSSR count). The molecule has 0 spiro atoms. The van der Waals surface area contributed by atoms with Gasteiger partial charge in [0.05, 0.1) is 37.3 Å². The van der Waals surface area contributed by atoms with Crippen molar-refractivity contribution in [2.75, 3.05) is 38.5 Å². The highest BCUT2D eigenvalue weighted by molar-refractivity contribution is 6.32. The molecule has 1 amide bonds. The lowest BCUT2D eigenvalue weighted by molar-refractivity contribution is -0.114. The number of methoxy groups -OCH3 is 1. The zero-order valence-electron chi connectivity index (χ0n) is 20.8. The predicted octanol–water partition coefficient (Wildman–Crippen LogP) is 5.28. The van der Waals surface area contributed by atoms with Crippen molar-refractivity contribution in [3.63, 3.8) is 0 Å². The molecule has 0 aromatic heterocycles. The molecule has 1 aliphatic rings. The Morgan fingerprint density at radius 2 is 1.56 bits per heavy atom. The number of carbonyl (C=O) groups excluding carboxylic acids is 1. The number of para-hydroxylation sites is 1. The predicted molar refractivity (Wildman–Crippen MR) is 141 cm³/mol. The van der Waals surface area contributed by atoms with Gasteiger partial charge in [-0.15, -0.1) is 0 Å². The van der Waals surface area contributed by atoms with Gasteiger partial charge in [0.2, 0.25) is 0 Å². The second-order valence-electron chi connectivity index (χ2n) is 8.23. The Morgan fingerprint density at radius 1 is 0.833 bits per heavy atom. The monoisotopic (exact) mass is 486 g/mol. The molecule has 1 heterocycles. The summed E-state index contributed by atoms with van der Waals surface area (Å²) < 4.78 is 22.6. The number of aryl methyl sites for hydroxylation is 1. The Hall–Kier alpha value is -4.10. The zero-order valence-corrected chi connectivity index (χ0v) is 20.8. The van der Waals surface area contributed by atoms with Crippen LogP contribution in [-0.4, -0.2) is 45.2 Å². The molecule has 0 atom stereocenters. The van der Waals surface area contributed by atoms with Crippen LogP contribution in [0.15, 0.2) is 83.5 Å². The van der Waals surface area contributed by atoms with Crippen molar-refractivity contribution in [1.29, 1.82) is 0 Å². The molecule has 186 valence electrons. The van der Waals surface area contributed by atoms with Crippen molar-refractivity contribution in [3.05, 3.63) is 89.5 Å². The van der Waals surface area contributed by atoms with Crippen LogP contribution in [0, 0.1) is 6.92 Å². The Balaban J connectivity index is 1.28. The minimum atomic E-state index is -0.165. The number of benzene rings is 3. The normalized spacial score (nSPS) is 14.2. The third-order valence-electron chi connectivity index (χ3n) is 5.56. The maximum absolute atomic E-state index is 12.9. The van der Waals surface area contributed by atoms with Gasteiger partial charge in [-0.05, 0) is 61.9 Å². The number of hydrogen-bond acceptors (Lipinski definition) is 6. The van der Waals surface area contributed by atoms with Gasteiger partial charge < -0.3 is 18.9 Å². The lowest BCUT2D eigenvalue weighted by Crippen LogP contribution is -2.21. The molecular formula is C29H30N2O5. The summed E-state index contributed by atoms with van der Waals surface area (Å²) in [6.07, 6.45) is 1.81. The van der Waals surface area contributed by atoms with E-state index in [4.69, 9.17) is 18.9 Å². The summed E-state index contributed by atoms with van der Waals surface area (Å²) in [5, 5.41) is 5.84. The van der Waals surface area contributed by atoms with Crippen LogP contribution in [0.2, 0.25) is 0 Å². The maximum atomic E-state index is 12.9. The lowest BCUT2D eigenvalue weighted by atomic mass is 10.1. The molecule has 0 aliphatic carbocycles. The molecule has 0 unspecified atom stereocenters. The van der Waals surface area contributed by atoms with Crippen LogP contribution < -0.4 is 19.2 Å². The van der Waals surface area contributed by atoms with Gasteiger partial charge in [-0.2, -0.15) is 10.1 Å². The Kier molecular flexibility index (Phi) is 8.36. The quantitative estimate of drug-likeness (QED) is 0.272. The highest BCUT2D eigenvalue weighted by Gasteiger charge is 2.28. The minimum absolute atomic E-state index is 0.165. The topological polar surface area (TPSA) is 69.6 Å². The Morgan fingerprint density at radius 3 is 2.28 bits per heavy atom. The van der Waals surface area contributed by atoms with Crippen LogP contribution in [0.1, 0.15) is 18.1 Å². The van der Waals surface area contributed by atoms with Gasteiger partial charge in [-0.3, -0.25) is 4.79 Å². The molecule has 36 heavy (non-hydrogen) atoms. The molecule has 7 heteroatoms. The van der Waals surface area contributed by atoms with E-state index in [1.807, 2.05) is 92.7 Å². The molecule has 7 nitrogen and oxygen atoms in total. The maximum Gasteiger partial charge on any atom is 0.280 e. The smallest absolute Gasteiger partial charge is 0.280 e. The summed E-state index contributed by atoms with van der Waals surface area (Å²) in [5.41, 5.74) is 3.94. The van der Waals surface area contributed by atoms with Crippen molar-refractivity contribution in [2.24, 2.45) is 5.10 Å². The summed E-state index contributed by atoms with van der Waals surface area (Å²) in [6.45, 7) is 5.60. The fourth-order valence-electron chi connectivity index (χ4n) is 3.65. The fraction of sp³-hybridized carbons (Fsp3) is 0.241. The van der Waals surface area contributed by atoms with Crippen molar-refractivity contribution in [1.82, 2.24) is 0 Å². The van der Waals surface area contributed by atoms with Gasteiger partial charge in [-0.1, -0.05) is 42.0 Å². The van der Waals surface area contributed by atoms with E-state index in [-0.39, 0.29) is 5.91 Å². The summed E-state index contributed by atoms with van der Waals surface area (Å²) in [4.78, 5) is 12.9. The third kappa shape index (κ3) is 6.31. The summed E-state index contributed by atoms with van der Waals surface area (Å²) in [5.74, 6) is 1.84. The molecular weight excluding hydrogens is 456 g/mol. The van der Waals surface area contributed by atoms with Crippen LogP contribution in [0.3, 0.4) is 0 Å². The van der Waals surface area contributed by atoms with Crippen LogP contribution in [0.5, 0.6) is 17.2 Å². The number of anilines is 1. The first-order valence-corrected chi connectivity index (χ1v) is 11.8. The summed E-state index contributed by atoms with van der Waals surface area (Å²) in [6, 6.07) is 22.8. The number of hydrogen-bond donors (Lipinski definition) is 0. The van der Waals surface area contributed by atoms with E-state index >= 15 is 0 Å². The zero-order chi connectivity index (χ0) is 25.3. The largest absolute Gasteiger partial charge is 0.493 e. The van der Waals surface area contributed by atoms with E-state index in [1.165, 1.54) is 10.6 Å². The van der Waals surface area contributed by atoms with Gasteiger partial charge in [-0.25, -0.2) is 0 Å². The van der Waals surface area contributed by atoms with Gasteiger partial charge in [0.1, 0.15) is 19.0 Å². The van der Waals surface area contributed by atoms with E-state index < -0.39 is 0 Å². The van der Waals surface area contributed by atoms with E-state index in [0.29, 0.717) is 49.2 Å². The molecule has 1 aliphatic heterocycles. The molecule has 3 aromatic carbocycles. The average molecular weight is 487 g/mol. The highest BCUT2D eigenvalue weighted by Crippen LogP contribution is 2.30. The molecule has 3 aromatic rings.